The molecular formula is C20H19ClN4O3. The van der Waals surface area contributed by atoms with Gasteiger partial charge >= 0.3 is 5.97 Å². The molecule has 3 aromatic rings. The highest BCUT2D eigenvalue weighted by Crippen LogP contribution is 2.19. The summed E-state index contributed by atoms with van der Waals surface area (Å²) in [6.07, 6.45) is 0. The number of carbonyl (C=O) groups is 2. The first kappa shape index (κ1) is 19.6. The lowest BCUT2D eigenvalue weighted by Crippen LogP contribution is -2.22. The number of nitrogens with one attached hydrogen (secondary N) is 1. The molecule has 0 unspecified atom stereocenters. The Kier molecular flexibility index (Phi) is 5.75. The topological polar surface area (TPSA) is 86.1 Å². The van der Waals surface area contributed by atoms with E-state index >= 15 is 0 Å². The summed E-state index contributed by atoms with van der Waals surface area (Å²) in [7, 11) is 0. The molecule has 0 radical (unpaired) electrons. The van der Waals surface area contributed by atoms with Crippen molar-refractivity contribution in [2.75, 3.05) is 11.9 Å². The van der Waals surface area contributed by atoms with Gasteiger partial charge in [0.15, 0.2) is 12.3 Å². The molecule has 8 heteroatoms. The van der Waals surface area contributed by atoms with Gasteiger partial charge in [-0.3, -0.25) is 4.79 Å². The molecule has 0 saturated carbocycles. The molecule has 28 heavy (non-hydrogen) atoms. The van der Waals surface area contributed by atoms with Crippen molar-refractivity contribution in [1.82, 2.24) is 15.0 Å². The molecule has 2 aromatic carbocycles. The van der Waals surface area contributed by atoms with Crippen molar-refractivity contribution in [3.05, 3.63) is 70.0 Å². The maximum Gasteiger partial charge on any atom is 0.361 e. The smallest absolute Gasteiger partial charge is 0.361 e. The van der Waals surface area contributed by atoms with E-state index in [-0.39, 0.29) is 5.69 Å². The minimum absolute atomic E-state index is 0.0415. The van der Waals surface area contributed by atoms with Crippen LogP contribution in [-0.4, -0.2) is 33.5 Å². The first-order valence-corrected chi connectivity index (χ1v) is 8.96. The van der Waals surface area contributed by atoms with Crippen molar-refractivity contribution in [1.29, 1.82) is 0 Å². The Morgan fingerprint density at radius 1 is 1.07 bits per heavy atom. The van der Waals surface area contributed by atoms with Crippen LogP contribution >= 0.6 is 11.6 Å². The van der Waals surface area contributed by atoms with Gasteiger partial charge in [-0.1, -0.05) is 35.9 Å². The molecule has 0 aliphatic carbocycles. The zero-order valence-electron chi connectivity index (χ0n) is 15.7. The number of halogens is 1. The maximum atomic E-state index is 12.3. The Morgan fingerprint density at radius 3 is 2.43 bits per heavy atom. The number of nitrogens with zero attached hydrogens (tertiary/aromatic N) is 3. The van der Waals surface area contributed by atoms with Crippen LogP contribution in [-0.2, 0) is 9.53 Å². The molecule has 144 valence electrons. The molecule has 0 saturated heterocycles. The minimum Gasteiger partial charge on any atom is -0.451 e. The number of carbonyl (C=O) groups excluding carboxylic acids is 2. The average molecular weight is 399 g/mol. The van der Waals surface area contributed by atoms with E-state index in [4.69, 9.17) is 16.3 Å². The molecule has 0 atom stereocenters. The van der Waals surface area contributed by atoms with Gasteiger partial charge in [0.1, 0.15) is 0 Å². The fourth-order valence-electron chi connectivity index (χ4n) is 2.67. The SMILES string of the molecule is Cc1cccc(C)c1NC(=O)COC(=O)c1nn(-c2cccc(Cl)c2)nc1C. The molecule has 1 aromatic heterocycles. The fourth-order valence-corrected chi connectivity index (χ4v) is 2.85. The summed E-state index contributed by atoms with van der Waals surface area (Å²) < 4.78 is 5.10. The highest BCUT2D eigenvalue weighted by Gasteiger charge is 2.19. The molecule has 0 spiro atoms. The van der Waals surface area contributed by atoms with E-state index < -0.39 is 18.5 Å². The normalized spacial score (nSPS) is 10.6. The number of anilines is 1. The van der Waals surface area contributed by atoms with Gasteiger partial charge in [-0.25, -0.2) is 4.79 Å². The van der Waals surface area contributed by atoms with Gasteiger partial charge in [-0.15, -0.1) is 5.10 Å². The summed E-state index contributed by atoms with van der Waals surface area (Å²) in [6.45, 7) is 5.01. The summed E-state index contributed by atoms with van der Waals surface area (Å²) in [5.41, 5.74) is 3.62. The predicted molar refractivity (Wildman–Crippen MR) is 106 cm³/mol. The third-order valence-corrected chi connectivity index (χ3v) is 4.33. The zero-order valence-corrected chi connectivity index (χ0v) is 16.4. The Bertz CT molecular complexity index is 1030. The molecule has 0 aliphatic heterocycles. The van der Waals surface area contributed by atoms with Crippen LogP contribution in [0.4, 0.5) is 5.69 Å². The lowest BCUT2D eigenvalue weighted by atomic mass is 10.1. The van der Waals surface area contributed by atoms with Gasteiger partial charge in [-0.05, 0) is 50.1 Å². The Morgan fingerprint density at radius 2 is 1.75 bits per heavy atom. The van der Waals surface area contributed by atoms with Crippen LogP contribution in [0.15, 0.2) is 42.5 Å². The number of para-hydroxylation sites is 1. The molecule has 3 rings (SSSR count). The van der Waals surface area contributed by atoms with Crippen LogP contribution in [0.3, 0.4) is 0 Å². The Balaban J connectivity index is 1.66. The minimum atomic E-state index is -0.720. The van der Waals surface area contributed by atoms with Crippen molar-refractivity contribution in [3.63, 3.8) is 0 Å². The van der Waals surface area contributed by atoms with E-state index in [1.165, 1.54) is 4.80 Å². The Labute approximate surface area is 167 Å². The second kappa shape index (κ2) is 8.22. The monoisotopic (exact) mass is 398 g/mol. The first-order valence-electron chi connectivity index (χ1n) is 8.58. The average Bonchev–Trinajstić information content (AvgIpc) is 3.05. The third kappa shape index (κ3) is 4.37. The van der Waals surface area contributed by atoms with Gasteiger partial charge in [0.25, 0.3) is 5.91 Å². The number of hydrogen-bond donors (Lipinski definition) is 1. The second-order valence-electron chi connectivity index (χ2n) is 6.29. The van der Waals surface area contributed by atoms with E-state index in [1.807, 2.05) is 32.0 Å². The van der Waals surface area contributed by atoms with Gasteiger partial charge in [0.05, 0.1) is 11.4 Å². The van der Waals surface area contributed by atoms with Crippen LogP contribution in [0.5, 0.6) is 0 Å². The summed E-state index contributed by atoms with van der Waals surface area (Å²) >= 11 is 5.97. The standard InChI is InChI=1S/C20H19ClN4O3/c1-12-6-4-7-13(2)18(12)22-17(26)11-28-20(27)19-14(3)23-25(24-19)16-9-5-8-15(21)10-16/h4-10H,11H2,1-3H3,(H,22,26). The predicted octanol–water partition coefficient (Wildman–Crippen LogP) is 3.64. The van der Waals surface area contributed by atoms with E-state index in [2.05, 4.69) is 15.5 Å². The Hall–Kier alpha value is -3.19. The van der Waals surface area contributed by atoms with Gasteiger partial charge in [0, 0.05) is 10.7 Å². The zero-order chi connectivity index (χ0) is 20.3. The number of rotatable bonds is 5. The first-order chi connectivity index (χ1) is 13.3. The number of ether oxygens (including phenoxy) is 1. The molecule has 0 fully saturated rings. The van der Waals surface area contributed by atoms with Crippen LogP contribution < -0.4 is 5.32 Å². The lowest BCUT2D eigenvalue weighted by molar-refractivity contribution is -0.119. The van der Waals surface area contributed by atoms with Crippen molar-refractivity contribution in [2.45, 2.75) is 20.8 Å². The molecule has 7 nitrogen and oxygen atoms in total. The highest BCUT2D eigenvalue weighted by molar-refractivity contribution is 6.30. The molecule has 0 aliphatic rings. The number of aromatic nitrogens is 3. The summed E-state index contributed by atoms with van der Waals surface area (Å²) in [6, 6.07) is 12.6. The highest BCUT2D eigenvalue weighted by atomic mass is 35.5. The molecule has 0 bridgehead atoms. The number of amides is 1. The fraction of sp³-hybridized carbons (Fsp3) is 0.200. The van der Waals surface area contributed by atoms with Crippen LogP contribution in [0.25, 0.3) is 5.69 Å². The van der Waals surface area contributed by atoms with E-state index in [0.717, 1.165) is 11.1 Å². The molecule has 1 heterocycles. The van der Waals surface area contributed by atoms with Crippen LogP contribution in [0, 0.1) is 20.8 Å². The van der Waals surface area contributed by atoms with E-state index in [1.54, 1.807) is 31.2 Å². The maximum absolute atomic E-state index is 12.3. The number of esters is 1. The van der Waals surface area contributed by atoms with Gasteiger partial charge < -0.3 is 10.1 Å². The number of benzene rings is 2. The van der Waals surface area contributed by atoms with Crippen molar-refractivity contribution >= 4 is 29.2 Å². The molecular weight excluding hydrogens is 380 g/mol. The summed E-state index contributed by atoms with van der Waals surface area (Å²) in [5, 5.41) is 11.7. The van der Waals surface area contributed by atoms with Crippen LogP contribution in [0.2, 0.25) is 5.02 Å². The van der Waals surface area contributed by atoms with Gasteiger partial charge in [0.2, 0.25) is 0 Å². The molecule has 1 N–H and O–H groups in total. The van der Waals surface area contributed by atoms with Crippen molar-refractivity contribution in [2.24, 2.45) is 0 Å². The van der Waals surface area contributed by atoms with Crippen molar-refractivity contribution in [3.8, 4) is 5.69 Å². The second-order valence-corrected chi connectivity index (χ2v) is 6.73. The van der Waals surface area contributed by atoms with Crippen LogP contribution in [0.1, 0.15) is 27.3 Å². The largest absolute Gasteiger partial charge is 0.451 e. The summed E-state index contributed by atoms with van der Waals surface area (Å²) in [5.74, 6) is -1.15. The lowest BCUT2D eigenvalue weighted by Gasteiger charge is -2.11. The van der Waals surface area contributed by atoms with Gasteiger partial charge in [-0.2, -0.15) is 9.90 Å². The third-order valence-electron chi connectivity index (χ3n) is 4.09. The van der Waals surface area contributed by atoms with E-state index in [0.29, 0.717) is 22.1 Å². The quantitative estimate of drug-likeness (QED) is 0.663. The number of aryl methyl sites for hydroxylation is 3. The number of hydrogen-bond acceptors (Lipinski definition) is 5. The van der Waals surface area contributed by atoms with Crippen molar-refractivity contribution < 1.29 is 14.3 Å². The summed E-state index contributed by atoms with van der Waals surface area (Å²) in [4.78, 5) is 25.8. The van der Waals surface area contributed by atoms with E-state index in [9.17, 15) is 9.59 Å². The molecule has 1 amide bonds.